The summed E-state index contributed by atoms with van der Waals surface area (Å²) in [6, 6.07) is 8.31. The van der Waals surface area contributed by atoms with Crippen LogP contribution < -0.4 is 16.0 Å². The average molecular weight is 228 g/mol. The quantitative estimate of drug-likeness (QED) is 0.755. The van der Waals surface area contributed by atoms with Gasteiger partial charge in [-0.15, -0.1) is 0 Å². The van der Waals surface area contributed by atoms with Crippen LogP contribution in [-0.2, 0) is 0 Å². The average Bonchev–Trinajstić information content (AvgIpc) is 2.38. The molecule has 3 nitrogen and oxygen atoms in total. The molecular formula is C14H18N3. The van der Waals surface area contributed by atoms with Gasteiger partial charge in [-0.25, -0.2) is 0 Å². The number of benzene rings is 2. The van der Waals surface area contributed by atoms with Crippen molar-refractivity contribution in [2.45, 2.75) is 0 Å². The molecule has 2 rings (SSSR count). The Morgan fingerprint density at radius 2 is 1.53 bits per heavy atom. The van der Waals surface area contributed by atoms with Crippen LogP contribution in [0.15, 0.2) is 24.3 Å². The Labute approximate surface area is 102 Å². The number of fused-ring (bicyclic) bond motifs is 1. The van der Waals surface area contributed by atoms with Gasteiger partial charge in [0.1, 0.15) is 0 Å². The fourth-order valence-electron chi connectivity index (χ4n) is 2.18. The summed E-state index contributed by atoms with van der Waals surface area (Å²) in [5, 5.41) is 12.0. The first-order chi connectivity index (χ1) is 8.22. The van der Waals surface area contributed by atoms with E-state index in [0.717, 1.165) is 28.0 Å². The first-order valence-corrected chi connectivity index (χ1v) is 5.67. The highest BCUT2D eigenvalue weighted by atomic mass is 14.9. The number of nitrogens with one attached hydrogen (secondary N) is 3. The second kappa shape index (κ2) is 4.53. The van der Waals surface area contributed by atoms with E-state index < -0.39 is 0 Å². The molecule has 0 saturated carbocycles. The van der Waals surface area contributed by atoms with Crippen molar-refractivity contribution < 1.29 is 0 Å². The molecule has 0 unspecified atom stereocenters. The zero-order chi connectivity index (χ0) is 12.4. The molecule has 1 radical (unpaired) electrons. The molecule has 0 atom stereocenters. The molecular weight excluding hydrogens is 210 g/mol. The number of hydrogen-bond donors (Lipinski definition) is 3. The van der Waals surface area contributed by atoms with Gasteiger partial charge in [0.25, 0.3) is 0 Å². The molecule has 0 aliphatic heterocycles. The maximum atomic E-state index is 4.17. The van der Waals surface area contributed by atoms with Gasteiger partial charge >= 0.3 is 0 Å². The van der Waals surface area contributed by atoms with Crippen LogP contribution in [0.4, 0.5) is 17.1 Å². The summed E-state index contributed by atoms with van der Waals surface area (Å²) in [5.74, 6) is 0. The third-order valence-electron chi connectivity index (χ3n) is 3.08. The SMILES string of the molecule is [CH2]c1c(NC)cc(NC)c2cccc(NC)c12. The molecule has 0 heterocycles. The highest BCUT2D eigenvalue weighted by Gasteiger charge is 2.10. The van der Waals surface area contributed by atoms with E-state index in [1.165, 1.54) is 5.39 Å². The Morgan fingerprint density at radius 1 is 0.882 bits per heavy atom. The van der Waals surface area contributed by atoms with Crippen LogP contribution >= 0.6 is 0 Å². The molecule has 2 aromatic rings. The molecule has 3 heteroatoms. The van der Waals surface area contributed by atoms with Gasteiger partial charge in [0.05, 0.1) is 0 Å². The van der Waals surface area contributed by atoms with Crippen molar-refractivity contribution >= 4 is 27.8 Å². The molecule has 0 fully saturated rings. The van der Waals surface area contributed by atoms with Gasteiger partial charge in [-0.05, 0) is 24.6 Å². The van der Waals surface area contributed by atoms with Gasteiger partial charge in [-0.3, -0.25) is 0 Å². The normalized spacial score (nSPS) is 10.4. The van der Waals surface area contributed by atoms with E-state index in [9.17, 15) is 0 Å². The van der Waals surface area contributed by atoms with Crippen LogP contribution in [0.1, 0.15) is 5.56 Å². The Bertz CT molecular complexity index is 547. The van der Waals surface area contributed by atoms with Crippen LogP contribution in [0.3, 0.4) is 0 Å². The molecule has 0 spiro atoms. The summed E-state index contributed by atoms with van der Waals surface area (Å²) in [7, 11) is 5.78. The van der Waals surface area contributed by atoms with E-state index in [2.05, 4.69) is 41.1 Å². The third-order valence-corrected chi connectivity index (χ3v) is 3.08. The number of hydrogen-bond acceptors (Lipinski definition) is 3. The zero-order valence-corrected chi connectivity index (χ0v) is 10.5. The Hall–Kier alpha value is -1.90. The Kier molecular flexibility index (Phi) is 3.09. The topological polar surface area (TPSA) is 36.1 Å². The minimum absolute atomic E-state index is 1.02. The van der Waals surface area contributed by atoms with Crippen molar-refractivity contribution in [3.8, 4) is 0 Å². The summed E-state index contributed by atoms with van der Waals surface area (Å²) < 4.78 is 0. The summed E-state index contributed by atoms with van der Waals surface area (Å²) >= 11 is 0. The predicted molar refractivity (Wildman–Crippen MR) is 77.0 cm³/mol. The molecule has 0 aromatic heterocycles. The minimum Gasteiger partial charge on any atom is -0.388 e. The minimum atomic E-state index is 1.02. The lowest BCUT2D eigenvalue weighted by molar-refractivity contribution is 1.46. The van der Waals surface area contributed by atoms with Crippen molar-refractivity contribution in [1.29, 1.82) is 0 Å². The molecule has 17 heavy (non-hydrogen) atoms. The van der Waals surface area contributed by atoms with Crippen molar-refractivity contribution in [2.24, 2.45) is 0 Å². The van der Waals surface area contributed by atoms with Crippen LogP contribution in [0, 0.1) is 6.92 Å². The smallest absolute Gasteiger partial charge is 0.0438 e. The standard InChI is InChI=1S/C14H18N3/c1-9-12(16-3)8-13(17-4)10-6-5-7-11(15-2)14(9)10/h5-8,15-17H,1H2,2-4H3. The van der Waals surface area contributed by atoms with E-state index in [-0.39, 0.29) is 0 Å². The molecule has 2 aromatic carbocycles. The molecule has 89 valence electrons. The molecule has 0 aliphatic carbocycles. The second-order valence-electron chi connectivity index (χ2n) is 3.93. The van der Waals surface area contributed by atoms with E-state index >= 15 is 0 Å². The van der Waals surface area contributed by atoms with Gasteiger partial charge in [-0.2, -0.15) is 0 Å². The lowest BCUT2D eigenvalue weighted by atomic mass is 10.00. The van der Waals surface area contributed by atoms with E-state index in [0.29, 0.717) is 0 Å². The fourth-order valence-corrected chi connectivity index (χ4v) is 2.18. The zero-order valence-electron chi connectivity index (χ0n) is 10.5. The largest absolute Gasteiger partial charge is 0.388 e. The van der Waals surface area contributed by atoms with Gasteiger partial charge < -0.3 is 16.0 Å². The summed E-state index contributed by atoms with van der Waals surface area (Å²) in [4.78, 5) is 0. The van der Waals surface area contributed by atoms with E-state index in [4.69, 9.17) is 0 Å². The van der Waals surface area contributed by atoms with Crippen molar-refractivity contribution in [3.05, 3.63) is 36.8 Å². The third kappa shape index (κ3) is 1.78. The molecule has 0 bridgehead atoms. The molecule has 0 aliphatic rings. The van der Waals surface area contributed by atoms with Crippen LogP contribution in [0.25, 0.3) is 10.8 Å². The van der Waals surface area contributed by atoms with Crippen LogP contribution in [0.5, 0.6) is 0 Å². The maximum Gasteiger partial charge on any atom is 0.0438 e. The molecule has 0 saturated heterocycles. The summed E-state index contributed by atoms with van der Waals surface area (Å²) in [5.41, 5.74) is 4.27. The predicted octanol–water partition coefficient (Wildman–Crippen LogP) is 3.15. The maximum absolute atomic E-state index is 4.17. The van der Waals surface area contributed by atoms with Gasteiger partial charge in [0, 0.05) is 49.0 Å². The van der Waals surface area contributed by atoms with Gasteiger partial charge in [0.15, 0.2) is 0 Å². The summed E-state index contributed by atoms with van der Waals surface area (Å²) in [6.45, 7) is 4.17. The first-order valence-electron chi connectivity index (χ1n) is 5.67. The number of rotatable bonds is 3. The van der Waals surface area contributed by atoms with E-state index in [1.807, 2.05) is 27.2 Å². The lowest BCUT2D eigenvalue weighted by Gasteiger charge is -2.16. The fraction of sp³-hybridized carbons (Fsp3) is 0.214. The van der Waals surface area contributed by atoms with Crippen molar-refractivity contribution in [2.75, 3.05) is 37.1 Å². The second-order valence-corrected chi connectivity index (χ2v) is 3.93. The van der Waals surface area contributed by atoms with E-state index in [1.54, 1.807) is 0 Å². The number of anilines is 3. The van der Waals surface area contributed by atoms with Crippen LogP contribution in [-0.4, -0.2) is 21.1 Å². The first kappa shape index (κ1) is 11.6. The van der Waals surface area contributed by atoms with Crippen LogP contribution in [0.2, 0.25) is 0 Å². The monoisotopic (exact) mass is 228 g/mol. The lowest BCUT2D eigenvalue weighted by Crippen LogP contribution is -1.99. The Balaban J connectivity index is 2.89. The van der Waals surface area contributed by atoms with Crippen molar-refractivity contribution in [1.82, 2.24) is 0 Å². The Morgan fingerprint density at radius 3 is 2.12 bits per heavy atom. The van der Waals surface area contributed by atoms with Gasteiger partial charge in [-0.1, -0.05) is 12.1 Å². The molecule has 0 amide bonds. The highest BCUT2D eigenvalue weighted by Crippen LogP contribution is 2.36. The summed E-state index contributed by atoms with van der Waals surface area (Å²) in [6.07, 6.45) is 0. The van der Waals surface area contributed by atoms with Crippen molar-refractivity contribution in [3.63, 3.8) is 0 Å². The van der Waals surface area contributed by atoms with Gasteiger partial charge in [0.2, 0.25) is 0 Å². The molecule has 3 N–H and O–H groups in total. The highest BCUT2D eigenvalue weighted by molar-refractivity contribution is 6.06.